The molecule has 2 saturated carbocycles. The number of rotatable bonds is 1. The molecule has 2 rings (SSSR count). The van der Waals surface area contributed by atoms with E-state index < -0.39 is 0 Å². The summed E-state index contributed by atoms with van der Waals surface area (Å²) in [5.74, 6) is 3.54. The monoisotopic (exact) mass is 168 g/mol. The van der Waals surface area contributed by atoms with Gasteiger partial charge in [-0.05, 0) is 49.4 Å². The third-order valence-electron chi connectivity index (χ3n) is 3.97. The molecule has 0 aromatic carbocycles. The number of fused-ring (bicyclic) bond motifs is 1. The van der Waals surface area contributed by atoms with E-state index in [0.717, 1.165) is 36.5 Å². The Labute approximate surface area is 75.2 Å². The second kappa shape index (κ2) is 3.02. The van der Waals surface area contributed by atoms with Crippen LogP contribution in [0.1, 0.15) is 39.5 Å². The van der Waals surface area contributed by atoms with Crippen molar-refractivity contribution in [2.24, 2.45) is 23.7 Å². The summed E-state index contributed by atoms with van der Waals surface area (Å²) in [6.07, 6.45) is 4.99. The maximum atomic E-state index is 9.46. The normalized spacial score (nSPS) is 47.0. The summed E-state index contributed by atoms with van der Waals surface area (Å²) in [5, 5.41) is 9.46. The molecule has 0 spiro atoms. The standard InChI is InChI=1S/C11H20O/c1-7(2)8-3-9-5-11(12)6-10(9)4-8/h7-12H,3-6H2,1-2H3. The SMILES string of the molecule is CC(C)C1CC2CC(O)CC2C1. The van der Waals surface area contributed by atoms with Gasteiger partial charge in [-0.15, -0.1) is 0 Å². The smallest absolute Gasteiger partial charge is 0.0545 e. The zero-order valence-corrected chi connectivity index (χ0v) is 8.16. The van der Waals surface area contributed by atoms with Gasteiger partial charge in [0.25, 0.3) is 0 Å². The molecule has 0 aromatic heterocycles. The Bertz CT molecular complexity index is 150. The van der Waals surface area contributed by atoms with Crippen LogP contribution in [0.4, 0.5) is 0 Å². The minimum atomic E-state index is 0.0353. The van der Waals surface area contributed by atoms with Crippen LogP contribution in [0.25, 0.3) is 0 Å². The molecular formula is C11H20O. The first-order valence-corrected chi connectivity index (χ1v) is 5.35. The van der Waals surface area contributed by atoms with Crippen molar-refractivity contribution >= 4 is 0 Å². The van der Waals surface area contributed by atoms with E-state index in [1.54, 1.807) is 0 Å². The quantitative estimate of drug-likeness (QED) is 0.637. The van der Waals surface area contributed by atoms with Crippen molar-refractivity contribution < 1.29 is 5.11 Å². The van der Waals surface area contributed by atoms with Crippen LogP contribution < -0.4 is 0 Å². The van der Waals surface area contributed by atoms with E-state index in [4.69, 9.17) is 0 Å². The summed E-state index contributed by atoms with van der Waals surface area (Å²) < 4.78 is 0. The van der Waals surface area contributed by atoms with Crippen molar-refractivity contribution in [2.45, 2.75) is 45.6 Å². The van der Waals surface area contributed by atoms with Crippen LogP contribution in [0, 0.1) is 23.7 Å². The summed E-state index contributed by atoms with van der Waals surface area (Å²) in [6, 6.07) is 0. The van der Waals surface area contributed by atoms with Crippen molar-refractivity contribution in [2.75, 3.05) is 0 Å². The van der Waals surface area contributed by atoms with Crippen LogP contribution in [0.3, 0.4) is 0 Å². The Morgan fingerprint density at radius 1 is 1.00 bits per heavy atom. The van der Waals surface area contributed by atoms with E-state index >= 15 is 0 Å². The van der Waals surface area contributed by atoms with E-state index in [-0.39, 0.29) is 6.10 Å². The van der Waals surface area contributed by atoms with Crippen molar-refractivity contribution in [1.82, 2.24) is 0 Å². The van der Waals surface area contributed by atoms with Gasteiger partial charge in [0.1, 0.15) is 0 Å². The molecule has 0 aromatic rings. The van der Waals surface area contributed by atoms with E-state index in [9.17, 15) is 5.11 Å². The lowest BCUT2D eigenvalue weighted by Crippen LogP contribution is -2.08. The fourth-order valence-corrected chi connectivity index (χ4v) is 3.18. The van der Waals surface area contributed by atoms with Crippen molar-refractivity contribution in [3.05, 3.63) is 0 Å². The average molecular weight is 168 g/mol. The van der Waals surface area contributed by atoms with E-state index in [1.165, 1.54) is 12.8 Å². The molecule has 0 aliphatic heterocycles. The fraction of sp³-hybridized carbons (Fsp3) is 1.00. The predicted octanol–water partition coefficient (Wildman–Crippen LogP) is 2.44. The van der Waals surface area contributed by atoms with Crippen molar-refractivity contribution in [3.63, 3.8) is 0 Å². The Kier molecular flexibility index (Phi) is 2.16. The van der Waals surface area contributed by atoms with Gasteiger partial charge in [-0.2, -0.15) is 0 Å². The van der Waals surface area contributed by atoms with Gasteiger partial charge in [-0.25, -0.2) is 0 Å². The highest BCUT2D eigenvalue weighted by Gasteiger charge is 2.41. The lowest BCUT2D eigenvalue weighted by molar-refractivity contribution is 0.166. The van der Waals surface area contributed by atoms with Crippen LogP contribution in [0.5, 0.6) is 0 Å². The average Bonchev–Trinajstić information content (AvgIpc) is 2.42. The number of aliphatic hydroxyl groups is 1. The second-order valence-electron chi connectivity index (χ2n) is 5.12. The first-order chi connectivity index (χ1) is 5.66. The van der Waals surface area contributed by atoms with E-state index in [0.29, 0.717) is 0 Å². The van der Waals surface area contributed by atoms with Crippen LogP contribution in [0.15, 0.2) is 0 Å². The maximum Gasteiger partial charge on any atom is 0.0545 e. The van der Waals surface area contributed by atoms with Gasteiger partial charge >= 0.3 is 0 Å². The molecule has 1 N–H and O–H groups in total. The molecule has 2 atom stereocenters. The summed E-state index contributed by atoms with van der Waals surface area (Å²) in [6.45, 7) is 4.67. The third kappa shape index (κ3) is 1.39. The summed E-state index contributed by atoms with van der Waals surface area (Å²) in [7, 11) is 0. The summed E-state index contributed by atoms with van der Waals surface area (Å²) in [4.78, 5) is 0. The number of hydrogen-bond acceptors (Lipinski definition) is 1. The first-order valence-electron chi connectivity index (χ1n) is 5.35. The molecule has 2 unspecified atom stereocenters. The Balaban J connectivity index is 1.93. The molecular weight excluding hydrogens is 148 g/mol. The Hall–Kier alpha value is -0.0400. The highest BCUT2D eigenvalue weighted by molar-refractivity contribution is 4.92. The Morgan fingerprint density at radius 2 is 1.50 bits per heavy atom. The largest absolute Gasteiger partial charge is 0.393 e. The molecule has 0 saturated heterocycles. The van der Waals surface area contributed by atoms with E-state index in [1.807, 2.05) is 0 Å². The van der Waals surface area contributed by atoms with Gasteiger partial charge < -0.3 is 5.11 Å². The van der Waals surface area contributed by atoms with Gasteiger partial charge in [0.05, 0.1) is 6.10 Å². The van der Waals surface area contributed by atoms with Crippen LogP contribution >= 0.6 is 0 Å². The molecule has 12 heavy (non-hydrogen) atoms. The minimum Gasteiger partial charge on any atom is -0.393 e. The first kappa shape index (κ1) is 8.55. The van der Waals surface area contributed by atoms with Gasteiger partial charge in [0.2, 0.25) is 0 Å². The van der Waals surface area contributed by atoms with Gasteiger partial charge in [-0.3, -0.25) is 0 Å². The topological polar surface area (TPSA) is 20.2 Å². The van der Waals surface area contributed by atoms with Crippen molar-refractivity contribution in [1.29, 1.82) is 0 Å². The molecule has 2 fully saturated rings. The predicted molar refractivity (Wildman–Crippen MR) is 49.8 cm³/mol. The van der Waals surface area contributed by atoms with Crippen LogP contribution in [-0.2, 0) is 0 Å². The molecule has 70 valence electrons. The highest BCUT2D eigenvalue weighted by atomic mass is 16.3. The highest BCUT2D eigenvalue weighted by Crippen LogP contribution is 2.48. The molecule has 0 radical (unpaired) electrons. The molecule has 2 aliphatic carbocycles. The van der Waals surface area contributed by atoms with Gasteiger partial charge in [0.15, 0.2) is 0 Å². The zero-order valence-electron chi connectivity index (χ0n) is 8.16. The summed E-state index contributed by atoms with van der Waals surface area (Å²) >= 11 is 0. The molecule has 1 nitrogen and oxygen atoms in total. The van der Waals surface area contributed by atoms with Crippen LogP contribution in [0.2, 0.25) is 0 Å². The lowest BCUT2D eigenvalue weighted by Gasteiger charge is -2.15. The van der Waals surface area contributed by atoms with Crippen LogP contribution in [-0.4, -0.2) is 11.2 Å². The minimum absolute atomic E-state index is 0.0353. The molecule has 0 heterocycles. The zero-order chi connectivity index (χ0) is 8.72. The molecule has 2 aliphatic rings. The molecule has 0 amide bonds. The van der Waals surface area contributed by atoms with Gasteiger partial charge in [0, 0.05) is 0 Å². The molecule has 0 bridgehead atoms. The summed E-state index contributed by atoms with van der Waals surface area (Å²) in [5.41, 5.74) is 0. The molecule has 1 heteroatoms. The number of hydrogen-bond donors (Lipinski definition) is 1. The fourth-order valence-electron chi connectivity index (χ4n) is 3.18. The Morgan fingerprint density at radius 3 is 1.92 bits per heavy atom. The van der Waals surface area contributed by atoms with Crippen molar-refractivity contribution in [3.8, 4) is 0 Å². The maximum absolute atomic E-state index is 9.46. The van der Waals surface area contributed by atoms with Gasteiger partial charge in [-0.1, -0.05) is 13.8 Å². The third-order valence-corrected chi connectivity index (χ3v) is 3.97. The number of aliphatic hydroxyl groups excluding tert-OH is 1. The lowest BCUT2D eigenvalue weighted by atomic mass is 9.91. The second-order valence-corrected chi connectivity index (χ2v) is 5.12. The van der Waals surface area contributed by atoms with E-state index in [2.05, 4.69) is 13.8 Å².